The molecule has 3 rings (SSSR count). The molecule has 1 aliphatic rings. The van der Waals surface area contributed by atoms with Crippen LogP contribution in [0.1, 0.15) is 36.2 Å². The number of hydrogen-bond donors (Lipinski definition) is 1. The van der Waals surface area contributed by atoms with Crippen LogP contribution in [0.15, 0.2) is 48.5 Å². The number of amides is 2. The lowest BCUT2D eigenvalue weighted by molar-refractivity contribution is -0.134. The Balaban J connectivity index is 1.84. The average molecular weight is 384 g/mol. The Labute approximate surface area is 164 Å². The third-order valence-electron chi connectivity index (χ3n) is 5.18. The van der Waals surface area contributed by atoms with Crippen molar-refractivity contribution in [2.45, 2.75) is 32.9 Å². The summed E-state index contributed by atoms with van der Waals surface area (Å²) >= 11 is 0. The van der Waals surface area contributed by atoms with Gasteiger partial charge in [-0.15, -0.1) is 0 Å². The van der Waals surface area contributed by atoms with Crippen LogP contribution in [0.25, 0.3) is 0 Å². The van der Waals surface area contributed by atoms with Crippen molar-refractivity contribution >= 4 is 11.8 Å². The lowest BCUT2D eigenvalue weighted by atomic mass is 10.0. The van der Waals surface area contributed by atoms with Gasteiger partial charge >= 0.3 is 0 Å². The molecular weight excluding hydrogens is 359 g/mol. The molecule has 28 heavy (non-hydrogen) atoms. The summed E-state index contributed by atoms with van der Waals surface area (Å²) in [5.74, 6) is -0.559. The van der Waals surface area contributed by atoms with Crippen LogP contribution in [-0.4, -0.2) is 45.9 Å². The molecular formula is C22H25FN2O3. The zero-order valence-electron chi connectivity index (χ0n) is 16.1. The quantitative estimate of drug-likeness (QED) is 0.879. The number of hydrogen-bond acceptors (Lipinski definition) is 3. The summed E-state index contributed by atoms with van der Waals surface area (Å²) in [5.41, 5.74) is 1.09. The zero-order valence-corrected chi connectivity index (χ0v) is 16.1. The second-order valence-corrected chi connectivity index (χ2v) is 7.48. The Morgan fingerprint density at radius 3 is 2.50 bits per heavy atom. The average Bonchev–Trinajstić information content (AvgIpc) is 2.83. The molecule has 0 aliphatic carbocycles. The fourth-order valence-corrected chi connectivity index (χ4v) is 3.55. The van der Waals surface area contributed by atoms with Gasteiger partial charge in [-0.25, -0.2) is 4.39 Å². The highest BCUT2D eigenvalue weighted by Gasteiger charge is 2.34. The van der Waals surface area contributed by atoms with E-state index in [0.717, 1.165) is 5.56 Å². The minimum absolute atomic E-state index is 0.0318. The Hall–Kier alpha value is -2.89. The van der Waals surface area contributed by atoms with Crippen molar-refractivity contribution in [2.24, 2.45) is 5.92 Å². The minimum Gasteiger partial charge on any atom is -0.507 e. The van der Waals surface area contributed by atoms with Crippen LogP contribution < -0.4 is 0 Å². The Morgan fingerprint density at radius 2 is 1.86 bits per heavy atom. The van der Waals surface area contributed by atoms with Gasteiger partial charge in [0.25, 0.3) is 5.91 Å². The highest BCUT2D eigenvalue weighted by atomic mass is 19.1. The molecule has 0 spiro atoms. The molecule has 0 bridgehead atoms. The van der Waals surface area contributed by atoms with E-state index in [1.54, 1.807) is 40.1 Å². The molecule has 1 saturated heterocycles. The van der Waals surface area contributed by atoms with Crippen molar-refractivity contribution < 1.29 is 19.1 Å². The molecule has 2 aromatic rings. The normalized spacial score (nSPS) is 17.7. The van der Waals surface area contributed by atoms with Crippen LogP contribution in [0, 0.1) is 11.7 Å². The molecule has 5 nitrogen and oxygen atoms in total. The lowest BCUT2D eigenvalue weighted by Crippen LogP contribution is -2.47. The van der Waals surface area contributed by atoms with Gasteiger partial charge in [0, 0.05) is 26.1 Å². The van der Waals surface area contributed by atoms with Crippen molar-refractivity contribution in [3.8, 4) is 5.75 Å². The predicted molar refractivity (Wildman–Crippen MR) is 104 cm³/mol. The second-order valence-electron chi connectivity index (χ2n) is 7.48. The Morgan fingerprint density at radius 1 is 1.18 bits per heavy atom. The first-order chi connectivity index (χ1) is 13.4. The van der Waals surface area contributed by atoms with Gasteiger partial charge in [-0.3, -0.25) is 9.59 Å². The summed E-state index contributed by atoms with van der Waals surface area (Å²) in [7, 11) is 0. The van der Waals surface area contributed by atoms with Crippen LogP contribution in [0.3, 0.4) is 0 Å². The number of phenolic OH excluding ortho intramolecular Hbond substituents is 1. The maximum absolute atomic E-state index is 13.2. The van der Waals surface area contributed by atoms with Crippen LogP contribution in [0.2, 0.25) is 0 Å². The number of rotatable bonds is 4. The number of aromatic hydroxyl groups is 1. The number of halogens is 1. The first-order valence-corrected chi connectivity index (χ1v) is 9.48. The standard InChI is InChI=1S/C22H25FN2O3/c1-15(2)19-14-24(22(28)18-5-3-4-6-20(18)26)12-11-21(27)25(19)13-16-7-9-17(23)10-8-16/h3-10,15,19,26H,11-14H2,1-2H3/t19-/m1/s1. The summed E-state index contributed by atoms with van der Waals surface area (Å²) in [6, 6.07) is 12.4. The molecule has 148 valence electrons. The largest absolute Gasteiger partial charge is 0.507 e. The van der Waals surface area contributed by atoms with E-state index in [0.29, 0.717) is 19.6 Å². The molecule has 6 heteroatoms. The van der Waals surface area contributed by atoms with Gasteiger partial charge in [0.1, 0.15) is 11.6 Å². The molecule has 0 saturated carbocycles. The second kappa shape index (κ2) is 8.42. The summed E-state index contributed by atoms with van der Waals surface area (Å²) in [6.45, 7) is 5.10. The molecule has 2 amide bonds. The number of benzene rings is 2. The van der Waals surface area contributed by atoms with Gasteiger partial charge in [-0.2, -0.15) is 0 Å². The molecule has 1 fully saturated rings. The highest BCUT2D eigenvalue weighted by molar-refractivity contribution is 5.97. The first-order valence-electron chi connectivity index (χ1n) is 9.48. The summed E-state index contributed by atoms with van der Waals surface area (Å²) in [4.78, 5) is 29.2. The smallest absolute Gasteiger partial charge is 0.257 e. The van der Waals surface area contributed by atoms with Gasteiger partial charge in [0.2, 0.25) is 5.91 Å². The predicted octanol–water partition coefficient (Wildman–Crippen LogP) is 3.43. The third kappa shape index (κ3) is 4.32. The van der Waals surface area contributed by atoms with Crippen molar-refractivity contribution in [2.75, 3.05) is 13.1 Å². The van der Waals surface area contributed by atoms with E-state index in [4.69, 9.17) is 0 Å². The van der Waals surface area contributed by atoms with E-state index in [1.807, 2.05) is 13.8 Å². The fraction of sp³-hybridized carbons (Fsp3) is 0.364. The van der Waals surface area contributed by atoms with Gasteiger partial charge in [-0.05, 0) is 35.7 Å². The van der Waals surface area contributed by atoms with E-state index in [9.17, 15) is 19.1 Å². The molecule has 1 aliphatic heterocycles. The number of carbonyl (C=O) groups excluding carboxylic acids is 2. The van der Waals surface area contributed by atoms with E-state index in [2.05, 4.69) is 0 Å². The van der Waals surface area contributed by atoms with E-state index in [-0.39, 0.29) is 47.3 Å². The summed E-state index contributed by atoms with van der Waals surface area (Å²) < 4.78 is 13.2. The first kappa shape index (κ1) is 19.9. The number of para-hydroxylation sites is 1. The summed E-state index contributed by atoms with van der Waals surface area (Å²) in [5, 5.41) is 10.0. The topological polar surface area (TPSA) is 60.9 Å². The van der Waals surface area contributed by atoms with Gasteiger partial charge in [-0.1, -0.05) is 38.1 Å². The Bertz CT molecular complexity index is 851. The molecule has 0 unspecified atom stereocenters. The maximum Gasteiger partial charge on any atom is 0.257 e. The molecule has 0 radical (unpaired) electrons. The number of carbonyl (C=O) groups is 2. The zero-order chi connectivity index (χ0) is 20.3. The minimum atomic E-state index is -0.314. The monoisotopic (exact) mass is 384 g/mol. The summed E-state index contributed by atoms with van der Waals surface area (Å²) in [6.07, 6.45) is 0.212. The number of phenols is 1. The lowest BCUT2D eigenvalue weighted by Gasteiger charge is -2.34. The molecule has 1 atom stereocenters. The maximum atomic E-state index is 13.2. The van der Waals surface area contributed by atoms with E-state index in [1.165, 1.54) is 18.2 Å². The van der Waals surface area contributed by atoms with Crippen molar-refractivity contribution in [1.29, 1.82) is 0 Å². The van der Waals surface area contributed by atoms with Crippen LogP contribution >= 0.6 is 0 Å². The number of nitrogens with zero attached hydrogens (tertiary/aromatic N) is 2. The van der Waals surface area contributed by atoms with Gasteiger partial charge < -0.3 is 14.9 Å². The fourth-order valence-electron chi connectivity index (χ4n) is 3.55. The van der Waals surface area contributed by atoms with Gasteiger partial charge in [0.15, 0.2) is 0 Å². The van der Waals surface area contributed by atoms with Crippen LogP contribution in [-0.2, 0) is 11.3 Å². The van der Waals surface area contributed by atoms with Crippen molar-refractivity contribution in [3.63, 3.8) is 0 Å². The molecule has 0 aromatic heterocycles. The van der Waals surface area contributed by atoms with Gasteiger partial charge in [0.05, 0.1) is 11.6 Å². The van der Waals surface area contributed by atoms with Crippen LogP contribution in [0.4, 0.5) is 4.39 Å². The molecule has 1 heterocycles. The van der Waals surface area contributed by atoms with Crippen molar-refractivity contribution in [3.05, 3.63) is 65.5 Å². The van der Waals surface area contributed by atoms with Crippen LogP contribution in [0.5, 0.6) is 5.75 Å². The third-order valence-corrected chi connectivity index (χ3v) is 5.18. The SMILES string of the molecule is CC(C)[C@H]1CN(C(=O)c2ccccc2O)CCC(=O)N1Cc1ccc(F)cc1. The molecule has 1 N–H and O–H groups in total. The van der Waals surface area contributed by atoms with E-state index >= 15 is 0 Å². The van der Waals surface area contributed by atoms with Crippen molar-refractivity contribution in [1.82, 2.24) is 9.80 Å². The molecule has 2 aromatic carbocycles. The van der Waals surface area contributed by atoms with E-state index < -0.39 is 0 Å². The highest BCUT2D eigenvalue weighted by Crippen LogP contribution is 2.24. The Kier molecular flexibility index (Phi) is 5.97.